The molecule has 6 nitrogen and oxygen atoms in total. The first-order valence-corrected chi connectivity index (χ1v) is 7.26. The van der Waals surface area contributed by atoms with Crippen LogP contribution < -0.4 is 10.5 Å². The highest BCUT2D eigenvalue weighted by Gasteiger charge is 2.18. The molecular weight excluding hydrogens is 283 g/mol. The summed E-state index contributed by atoms with van der Waals surface area (Å²) in [5, 5.41) is 7.40. The molecule has 0 amide bonds. The monoisotopic (exact) mass is 296 g/mol. The fraction of sp³-hybridized carbons (Fsp3) is 0.167. The van der Waals surface area contributed by atoms with Crippen molar-refractivity contribution in [3.05, 3.63) is 53.6 Å². The molecule has 0 unspecified atom stereocenters. The van der Waals surface area contributed by atoms with Crippen LogP contribution in [-0.2, 0) is 23.1 Å². The van der Waals surface area contributed by atoms with Gasteiger partial charge in [-0.25, -0.2) is 17.5 Å². The van der Waals surface area contributed by atoms with Crippen molar-refractivity contribution < 1.29 is 12.8 Å². The molecule has 106 valence electrons. The second kappa shape index (κ2) is 6.04. The van der Waals surface area contributed by atoms with Crippen LogP contribution in [0.2, 0.25) is 0 Å². The van der Waals surface area contributed by atoms with E-state index in [1.54, 1.807) is 12.1 Å². The van der Waals surface area contributed by atoms with E-state index in [0.717, 1.165) is 6.07 Å². The number of rotatable bonds is 5. The molecule has 0 saturated heterocycles. The van der Waals surface area contributed by atoms with Crippen LogP contribution >= 0.6 is 0 Å². The van der Waals surface area contributed by atoms with Crippen molar-refractivity contribution in [3.63, 3.8) is 0 Å². The van der Waals surface area contributed by atoms with Crippen LogP contribution in [0.15, 0.2) is 41.4 Å². The van der Waals surface area contributed by atoms with Crippen molar-refractivity contribution in [1.82, 2.24) is 14.9 Å². The van der Waals surface area contributed by atoms with Crippen molar-refractivity contribution in [3.8, 4) is 0 Å². The highest BCUT2D eigenvalue weighted by Crippen LogP contribution is 2.17. The number of hydrogen-bond donors (Lipinski definition) is 2. The highest BCUT2D eigenvalue weighted by molar-refractivity contribution is 7.89. The van der Waals surface area contributed by atoms with Gasteiger partial charge in [-0.2, -0.15) is 10.2 Å². The van der Waals surface area contributed by atoms with Gasteiger partial charge in [0.05, 0.1) is 17.1 Å². The zero-order chi connectivity index (χ0) is 14.6. The van der Waals surface area contributed by atoms with E-state index in [4.69, 9.17) is 5.73 Å². The average molecular weight is 296 g/mol. The molecule has 3 N–H and O–H groups in total. The molecule has 20 heavy (non-hydrogen) atoms. The van der Waals surface area contributed by atoms with Gasteiger partial charge in [-0.15, -0.1) is 0 Å². The van der Waals surface area contributed by atoms with Gasteiger partial charge in [-0.05, 0) is 29.8 Å². The Morgan fingerprint density at radius 3 is 2.75 bits per heavy atom. The topological polar surface area (TPSA) is 98.0 Å². The van der Waals surface area contributed by atoms with Crippen molar-refractivity contribution in [2.75, 3.05) is 0 Å². The van der Waals surface area contributed by atoms with Gasteiger partial charge in [0.1, 0.15) is 5.82 Å². The van der Waals surface area contributed by atoms with Crippen LogP contribution in [0.5, 0.6) is 0 Å². The molecule has 0 spiro atoms. The summed E-state index contributed by atoms with van der Waals surface area (Å²) < 4.78 is 39.9. The summed E-state index contributed by atoms with van der Waals surface area (Å²) in [6, 6.07) is 6.74. The summed E-state index contributed by atoms with van der Waals surface area (Å²) in [7, 11) is -3.86. The normalized spacial score (nSPS) is 11.5. The van der Waals surface area contributed by atoms with Crippen LogP contribution in [0.4, 0.5) is 4.39 Å². The first-order valence-electron chi connectivity index (χ1n) is 5.77. The quantitative estimate of drug-likeness (QED) is 0.839. The minimum absolute atomic E-state index is 0.00165. The minimum Gasteiger partial charge on any atom is -0.326 e. The molecule has 0 aliphatic rings. The Kier molecular flexibility index (Phi) is 4.38. The molecule has 1 heterocycles. The van der Waals surface area contributed by atoms with Gasteiger partial charge in [0.2, 0.25) is 10.0 Å². The lowest BCUT2D eigenvalue weighted by Gasteiger charge is -2.10. The van der Waals surface area contributed by atoms with Gasteiger partial charge in [0, 0.05) is 12.7 Å². The Morgan fingerprint density at radius 1 is 1.30 bits per heavy atom. The lowest BCUT2D eigenvalue weighted by atomic mass is 10.2. The number of halogens is 1. The van der Waals surface area contributed by atoms with Crippen LogP contribution in [0.3, 0.4) is 0 Å². The van der Waals surface area contributed by atoms with Crippen LogP contribution in [0.25, 0.3) is 0 Å². The molecule has 0 aliphatic carbocycles. The number of nitrogens with one attached hydrogen (secondary N) is 1. The maximum atomic E-state index is 13.2. The first-order chi connectivity index (χ1) is 9.53. The van der Waals surface area contributed by atoms with E-state index in [-0.39, 0.29) is 18.0 Å². The third-order valence-corrected chi connectivity index (χ3v) is 4.09. The van der Waals surface area contributed by atoms with Crippen molar-refractivity contribution in [2.24, 2.45) is 5.73 Å². The van der Waals surface area contributed by atoms with Crippen LogP contribution in [0.1, 0.15) is 11.3 Å². The number of hydrogen-bond acceptors (Lipinski definition) is 5. The Bertz CT molecular complexity index is 692. The molecule has 8 heteroatoms. The molecular formula is C12H13FN4O2S. The van der Waals surface area contributed by atoms with Gasteiger partial charge in [-0.3, -0.25) is 0 Å². The predicted molar refractivity (Wildman–Crippen MR) is 70.3 cm³/mol. The van der Waals surface area contributed by atoms with Gasteiger partial charge in [-0.1, -0.05) is 6.07 Å². The summed E-state index contributed by atoms with van der Waals surface area (Å²) in [6.07, 6.45) is 1.48. The Morgan fingerprint density at radius 2 is 2.10 bits per heavy atom. The third-order valence-electron chi connectivity index (χ3n) is 2.61. The second-order valence-electron chi connectivity index (χ2n) is 4.00. The number of nitrogens with zero attached hydrogens (tertiary/aromatic N) is 2. The fourth-order valence-corrected chi connectivity index (χ4v) is 2.88. The van der Waals surface area contributed by atoms with E-state index < -0.39 is 15.8 Å². The number of benzene rings is 1. The van der Waals surface area contributed by atoms with E-state index in [9.17, 15) is 12.8 Å². The van der Waals surface area contributed by atoms with Crippen molar-refractivity contribution in [2.45, 2.75) is 18.0 Å². The highest BCUT2D eigenvalue weighted by atomic mass is 32.2. The maximum Gasteiger partial charge on any atom is 0.241 e. The predicted octanol–water partition coefficient (Wildman–Crippen LogP) is 0.553. The molecule has 2 aromatic rings. The zero-order valence-electron chi connectivity index (χ0n) is 10.5. The molecule has 0 aliphatic heterocycles. The summed E-state index contributed by atoms with van der Waals surface area (Å²) in [5.41, 5.74) is 6.27. The standard InChI is InChI=1S/C12H13FN4O2S/c13-10-4-3-9(7-14)12(6-10)20(18,19)16-8-11-2-1-5-15-17-11/h1-6,16H,7-8,14H2. The third kappa shape index (κ3) is 3.35. The maximum absolute atomic E-state index is 13.2. The molecule has 0 saturated carbocycles. The Labute approximate surface area is 115 Å². The second-order valence-corrected chi connectivity index (χ2v) is 5.73. The molecule has 0 fully saturated rings. The smallest absolute Gasteiger partial charge is 0.241 e. The lowest BCUT2D eigenvalue weighted by Crippen LogP contribution is -2.25. The van der Waals surface area contributed by atoms with Gasteiger partial charge in [0.15, 0.2) is 0 Å². The van der Waals surface area contributed by atoms with E-state index in [1.165, 1.54) is 18.3 Å². The van der Waals surface area contributed by atoms with Gasteiger partial charge < -0.3 is 5.73 Å². The van der Waals surface area contributed by atoms with E-state index >= 15 is 0 Å². The summed E-state index contributed by atoms with van der Waals surface area (Å²) in [4.78, 5) is -0.163. The van der Waals surface area contributed by atoms with Crippen molar-refractivity contribution >= 4 is 10.0 Å². The fourth-order valence-electron chi connectivity index (χ4n) is 1.62. The Hall–Kier alpha value is -1.90. The SMILES string of the molecule is NCc1ccc(F)cc1S(=O)(=O)NCc1cccnn1. The molecule has 1 aromatic carbocycles. The van der Waals surface area contributed by atoms with E-state index in [0.29, 0.717) is 11.3 Å². The van der Waals surface area contributed by atoms with Crippen LogP contribution in [-0.4, -0.2) is 18.6 Å². The summed E-state index contributed by atoms with van der Waals surface area (Å²) >= 11 is 0. The average Bonchev–Trinajstić information content (AvgIpc) is 2.46. The molecule has 1 aromatic heterocycles. The molecule has 0 radical (unpaired) electrons. The molecule has 0 atom stereocenters. The largest absolute Gasteiger partial charge is 0.326 e. The van der Waals surface area contributed by atoms with E-state index in [2.05, 4.69) is 14.9 Å². The number of nitrogens with two attached hydrogens (primary N) is 1. The summed E-state index contributed by atoms with van der Waals surface area (Å²) in [5.74, 6) is -0.637. The van der Waals surface area contributed by atoms with Gasteiger partial charge in [0.25, 0.3) is 0 Å². The molecule has 0 bridgehead atoms. The minimum atomic E-state index is -3.86. The number of sulfonamides is 1. The Balaban J connectivity index is 2.24. The summed E-state index contributed by atoms with van der Waals surface area (Å²) in [6.45, 7) is -0.0294. The zero-order valence-corrected chi connectivity index (χ0v) is 11.3. The first kappa shape index (κ1) is 14.5. The van der Waals surface area contributed by atoms with E-state index in [1.807, 2.05) is 0 Å². The van der Waals surface area contributed by atoms with Gasteiger partial charge >= 0.3 is 0 Å². The van der Waals surface area contributed by atoms with Crippen LogP contribution in [0, 0.1) is 5.82 Å². The van der Waals surface area contributed by atoms with Crippen molar-refractivity contribution in [1.29, 1.82) is 0 Å². The molecule has 2 rings (SSSR count). The lowest BCUT2D eigenvalue weighted by molar-refractivity contribution is 0.574. The number of aromatic nitrogens is 2.